The average Bonchev–Trinajstić information content (AvgIpc) is 2.54. The van der Waals surface area contributed by atoms with Crippen LogP contribution in [-0.4, -0.2) is 42.6 Å². The molecule has 1 spiro atoms. The van der Waals surface area contributed by atoms with E-state index in [2.05, 4.69) is 12.2 Å². The van der Waals surface area contributed by atoms with Crippen molar-refractivity contribution in [1.29, 1.82) is 0 Å². The molecule has 2 fully saturated rings. The molecular formula is C12H20N2O3. The third-order valence-corrected chi connectivity index (χ3v) is 4.02. The zero-order valence-corrected chi connectivity index (χ0v) is 10.5. The van der Waals surface area contributed by atoms with Crippen LogP contribution in [0.25, 0.3) is 0 Å². The number of rotatable bonds is 3. The average molecular weight is 240 g/mol. The second-order valence-corrected chi connectivity index (χ2v) is 5.00. The van der Waals surface area contributed by atoms with Crippen molar-refractivity contribution >= 4 is 11.9 Å². The lowest BCUT2D eigenvalue weighted by Gasteiger charge is -2.36. The first kappa shape index (κ1) is 12.4. The van der Waals surface area contributed by atoms with Crippen LogP contribution in [0.4, 0.5) is 4.79 Å². The largest absolute Gasteiger partial charge is 0.383 e. The topological polar surface area (TPSA) is 58.6 Å². The highest BCUT2D eigenvalue weighted by molar-refractivity contribution is 6.07. The molecule has 0 radical (unpaired) electrons. The fourth-order valence-electron chi connectivity index (χ4n) is 2.88. The summed E-state index contributed by atoms with van der Waals surface area (Å²) in [6.07, 6.45) is 3.92. The van der Waals surface area contributed by atoms with Gasteiger partial charge in [-0.2, -0.15) is 0 Å². The zero-order chi connectivity index (χ0) is 12.5. The Morgan fingerprint density at radius 3 is 2.88 bits per heavy atom. The first-order valence-corrected chi connectivity index (χ1v) is 6.25. The molecule has 96 valence electrons. The monoisotopic (exact) mass is 240 g/mol. The number of carbonyl (C=O) groups excluding carboxylic acids is 2. The van der Waals surface area contributed by atoms with Crippen molar-refractivity contribution in [2.75, 3.05) is 20.3 Å². The van der Waals surface area contributed by atoms with Crippen LogP contribution in [0.15, 0.2) is 0 Å². The first-order chi connectivity index (χ1) is 8.12. The Labute approximate surface area is 101 Å². The molecule has 17 heavy (non-hydrogen) atoms. The summed E-state index contributed by atoms with van der Waals surface area (Å²) in [6, 6.07) is -0.263. The second kappa shape index (κ2) is 4.64. The minimum Gasteiger partial charge on any atom is -0.383 e. The molecule has 3 amide bonds. The van der Waals surface area contributed by atoms with Gasteiger partial charge in [-0.25, -0.2) is 4.79 Å². The van der Waals surface area contributed by atoms with Crippen molar-refractivity contribution in [2.24, 2.45) is 5.92 Å². The van der Waals surface area contributed by atoms with Gasteiger partial charge >= 0.3 is 6.03 Å². The van der Waals surface area contributed by atoms with Gasteiger partial charge in [0, 0.05) is 7.11 Å². The van der Waals surface area contributed by atoms with Crippen LogP contribution in [-0.2, 0) is 9.53 Å². The second-order valence-electron chi connectivity index (χ2n) is 5.00. The Bertz CT molecular complexity index is 332. The predicted molar refractivity (Wildman–Crippen MR) is 62.5 cm³/mol. The van der Waals surface area contributed by atoms with Gasteiger partial charge in [0.05, 0.1) is 13.2 Å². The zero-order valence-electron chi connectivity index (χ0n) is 10.5. The number of hydrogen-bond acceptors (Lipinski definition) is 3. The molecule has 1 saturated carbocycles. The Morgan fingerprint density at radius 2 is 2.24 bits per heavy atom. The summed E-state index contributed by atoms with van der Waals surface area (Å²) in [4.78, 5) is 25.5. The predicted octanol–water partition coefficient (Wildman–Crippen LogP) is 1.13. The number of carbonyl (C=O) groups is 2. The molecule has 1 aliphatic heterocycles. The van der Waals surface area contributed by atoms with E-state index in [4.69, 9.17) is 4.74 Å². The van der Waals surface area contributed by atoms with E-state index in [1.165, 1.54) is 4.90 Å². The summed E-state index contributed by atoms with van der Waals surface area (Å²) in [5.41, 5.74) is -0.636. The van der Waals surface area contributed by atoms with E-state index in [9.17, 15) is 9.59 Å². The maximum Gasteiger partial charge on any atom is 0.325 e. The highest BCUT2D eigenvalue weighted by Gasteiger charge is 2.54. The van der Waals surface area contributed by atoms with Crippen molar-refractivity contribution < 1.29 is 14.3 Å². The summed E-state index contributed by atoms with van der Waals surface area (Å²) >= 11 is 0. The number of ether oxygens (including phenoxy) is 1. The smallest absolute Gasteiger partial charge is 0.325 e. The molecule has 2 rings (SSSR count). The minimum absolute atomic E-state index is 0.0632. The normalized spacial score (nSPS) is 33.3. The quantitative estimate of drug-likeness (QED) is 0.752. The molecular weight excluding hydrogens is 220 g/mol. The lowest BCUT2D eigenvalue weighted by atomic mass is 9.73. The van der Waals surface area contributed by atoms with E-state index in [0.717, 1.165) is 25.7 Å². The van der Waals surface area contributed by atoms with E-state index < -0.39 is 5.54 Å². The number of methoxy groups -OCH3 is 1. The number of imide groups is 1. The van der Waals surface area contributed by atoms with Crippen LogP contribution < -0.4 is 5.32 Å². The summed E-state index contributed by atoms with van der Waals surface area (Å²) < 4.78 is 4.93. The third kappa shape index (κ3) is 1.92. The number of hydrogen-bond donors (Lipinski definition) is 1. The number of urea groups is 1. The molecule has 0 aromatic carbocycles. The SMILES string of the molecule is COCCN1C(=O)N[C@]2(CCCC[C@@H]2C)C1=O. The van der Waals surface area contributed by atoms with Gasteiger partial charge in [-0.1, -0.05) is 19.8 Å². The Hall–Kier alpha value is -1.10. The minimum atomic E-state index is -0.636. The molecule has 1 saturated heterocycles. The molecule has 0 bridgehead atoms. The molecule has 1 N–H and O–H groups in total. The van der Waals surface area contributed by atoms with Crippen molar-refractivity contribution in [2.45, 2.75) is 38.1 Å². The van der Waals surface area contributed by atoms with Crippen molar-refractivity contribution in [3.63, 3.8) is 0 Å². The van der Waals surface area contributed by atoms with E-state index >= 15 is 0 Å². The fraction of sp³-hybridized carbons (Fsp3) is 0.833. The van der Waals surface area contributed by atoms with Gasteiger partial charge in [0.1, 0.15) is 5.54 Å². The van der Waals surface area contributed by atoms with Crippen LogP contribution in [0.2, 0.25) is 0 Å². The molecule has 5 nitrogen and oxygen atoms in total. The fourth-order valence-corrected chi connectivity index (χ4v) is 2.88. The maximum atomic E-state index is 12.4. The van der Waals surface area contributed by atoms with Crippen molar-refractivity contribution in [3.05, 3.63) is 0 Å². The highest BCUT2D eigenvalue weighted by Crippen LogP contribution is 2.37. The van der Waals surface area contributed by atoms with Gasteiger partial charge in [-0.05, 0) is 18.8 Å². The molecule has 5 heteroatoms. The molecule has 2 atom stereocenters. The maximum absolute atomic E-state index is 12.4. The van der Waals surface area contributed by atoms with Crippen LogP contribution in [0.5, 0.6) is 0 Å². The number of nitrogens with one attached hydrogen (secondary N) is 1. The molecule has 0 aromatic heterocycles. The highest BCUT2D eigenvalue weighted by atomic mass is 16.5. The number of nitrogens with zero attached hydrogens (tertiary/aromatic N) is 1. The van der Waals surface area contributed by atoms with E-state index in [-0.39, 0.29) is 17.9 Å². The van der Waals surface area contributed by atoms with Gasteiger partial charge in [0.15, 0.2) is 0 Å². The summed E-state index contributed by atoms with van der Waals surface area (Å²) in [5, 5.41) is 2.91. The molecule has 0 aromatic rings. The van der Waals surface area contributed by atoms with Crippen LogP contribution >= 0.6 is 0 Å². The van der Waals surface area contributed by atoms with Gasteiger partial charge in [0.2, 0.25) is 0 Å². The van der Waals surface area contributed by atoms with Gasteiger partial charge in [-0.3, -0.25) is 9.69 Å². The standard InChI is InChI=1S/C12H20N2O3/c1-9-5-3-4-6-12(9)10(15)14(7-8-17-2)11(16)13-12/h9H,3-8H2,1-2H3,(H,13,16)/t9-,12-/m0/s1. The first-order valence-electron chi connectivity index (χ1n) is 6.25. The summed E-state index contributed by atoms with van der Waals surface area (Å²) in [7, 11) is 1.57. The summed E-state index contributed by atoms with van der Waals surface area (Å²) in [6.45, 7) is 2.79. The van der Waals surface area contributed by atoms with E-state index in [1.807, 2.05) is 0 Å². The Kier molecular flexibility index (Phi) is 3.38. The number of amides is 3. The van der Waals surface area contributed by atoms with Gasteiger partial charge < -0.3 is 10.1 Å². The van der Waals surface area contributed by atoms with Crippen LogP contribution in [0, 0.1) is 5.92 Å². The van der Waals surface area contributed by atoms with E-state index in [1.54, 1.807) is 7.11 Å². The van der Waals surface area contributed by atoms with Gasteiger partial charge in [-0.15, -0.1) is 0 Å². The third-order valence-electron chi connectivity index (χ3n) is 4.02. The Balaban J connectivity index is 2.16. The summed E-state index contributed by atoms with van der Waals surface area (Å²) in [5.74, 6) is 0.159. The molecule has 1 aliphatic carbocycles. The van der Waals surface area contributed by atoms with Crippen LogP contribution in [0.1, 0.15) is 32.6 Å². The molecule has 0 unspecified atom stereocenters. The lowest BCUT2D eigenvalue weighted by Crippen LogP contribution is -2.54. The van der Waals surface area contributed by atoms with E-state index in [0.29, 0.717) is 13.2 Å². The molecule has 2 aliphatic rings. The molecule has 1 heterocycles. The van der Waals surface area contributed by atoms with Crippen molar-refractivity contribution in [3.8, 4) is 0 Å². The van der Waals surface area contributed by atoms with Crippen LogP contribution in [0.3, 0.4) is 0 Å². The van der Waals surface area contributed by atoms with Crippen molar-refractivity contribution in [1.82, 2.24) is 10.2 Å². The van der Waals surface area contributed by atoms with Gasteiger partial charge in [0.25, 0.3) is 5.91 Å². The Morgan fingerprint density at radius 1 is 1.47 bits per heavy atom. The lowest BCUT2D eigenvalue weighted by molar-refractivity contribution is -0.134.